The Morgan fingerprint density at radius 1 is 1.03 bits per heavy atom. The van der Waals surface area contributed by atoms with Gasteiger partial charge in [0.25, 0.3) is 0 Å². The molecule has 0 bridgehead atoms. The Morgan fingerprint density at radius 3 is 2.09 bits per heavy atom. The number of aliphatic carboxylic acids is 1. The van der Waals surface area contributed by atoms with Crippen molar-refractivity contribution in [2.24, 2.45) is 5.41 Å². The number of alkyl halides is 3. The van der Waals surface area contributed by atoms with Crippen LogP contribution in [-0.4, -0.2) is 48.4 Å². The second-order valence-electron chi connectivity index (χ2n) is 8.62. The molecule has 3 N–H and O–H groups in total. The monoisotopic (exact) mass is 476 g/mol. The number of fused-ring (bicyclic) bond motifs is 3. The molecule has 34 heavy (non-hydrogen) atoms. The maximum Gasteiger partial charge on any atom is 0.409 e. The Hall–Kier alpha value is -3.56. The third kappa shape index (κ3) is 4.85. The molecule has 0 saturated heterocycles. The number of amides is 2. The molecule has 10 heteroatoms. The standard InChI is InChI=1S/C24H23F3N2O5/c25-24(26,27)19(11-20(30)31)29-21(32)23(9-10-23)13-28-22(33)34-12-18-16-7-3-1-5-14(16)15-6-2-4-8-17(15)18/h1-8,18-19H,9-13H2,(H,28,33)(H,29,32)(H,30,31). The number of ether oxygens (including phenoxy) is 1. The van der Waals surface area contributed by atoms with E-state index in [9.17, 15) is 27.6 Å². The first-order valence-corrected chi connectivity index (χ1v) is 10.8. The van der Waals surface area contributed by atoms with Gasteiger partial charge in [-0.05, 0) is 35.1 Å². The summed E-state index contributed by atoms with van der Waals surface area (Å²) in [5, 5.41) is 12.9. The average molecular weight is 476 g/mol. The van der Waals surface area contributed by atoms with Crippen molar-refractivity contribution in [1.82, 2.24) is 10.6 Å². The number of hydrogen-bond donors (Lipinski definition) is 3. The molecule has 2 aliphatic rings. The van der Waals surface area contributed by atoms with E-state index >= 15 is 0 Å². The highest BCUT2D eigenvalue weighted by molar-refractivity contribution is 5.87. The number of carbonyl (C=O) groups excluding carboxylic acids is 2. The molecule has 1 fully saturated rings. The minimum atomic E-state index is -4.90. The van der Waals surface area contributed by atoms with Crippen LogP contribution in [0.3, 0.4) is 0 Å². The van der Waals surface area contributed by atoms with E-state index in [0.29, 0.717) is 0 Å². The number of carboxylic acid groups (broad SMARTS) is 1. The molecule has 1 unspecified atom stereocenters. The fourth-order valence-electron chi connectivity index (χ4n) is 4.26. The second-order valence-corrected chi connectivity index (χ2v) is 8.62. The van der Waals surface area contributed by atoms with Gasteiger partial charge in [-0.1, -0.05) is 48.5 Å². The van der Waals surface area contributed by atoms with Crippen LogP contribution in [0.5, 0.6) is 0 Å². The van der Waals surface area contributed by atoms with Crippen LogP contribution >= 0.6 is 0 Å². The van der Waals surface area contributed by atoms with Gasteiger partial charge in [0.2, 0.25) is 5.91 Å². The first kappa shape index (κ1) is 23.6. The van der Waals surface area contributed by atoms with Gasteiger partial charge in [0, 0.05) is 12.5 Å². The Kier molecular flexibility index (Phi) is 6.24. The Balaban J connectivity index is 1.33. The van der Waals surface area contributed by atoms with Crippen LogP contribution in [0.2, 0.25) is 0 Å². The van der Waals surface area contributed by atoms with Crippen LogP contribution in [0.1, 0.15) is 36.3 Å². The molecular weight excluding hydrogens is 453 g/mol. The fourth-order valence-corrected chi connectivity index (χ4v) is 4.26. The van der Waals surface area contributed by atoms with E-state index in [1.54, 1.807) is 5.32 Å². The van der Waals surface area contributed by atoms with Gasteiger partial charge in [-0.15, -0.1) is 0 Å². The lowest BCUT2D eigenvalue weighted by molar-refractivity contribution is -0.171. The highest BCUT2D eigenvalue weighted by Crippen LogP contribution is 2.46. The van der Waals surface area contributed by atoms with E-state index in [-0.39, 0.29) is 31.9 Å². The Bertz CT molecular complexity index is 1070. The zero-order chi connectivity index (χ0) is 24.5. The van der Waals surface area contributed by atoms with Gasteiger partial charge in [0.15, 0.2) is 0 Å². The highest BCUT2D eigenvalue weighted by atomic mass is 19.4. The number of halogens is 3. The largest absolute Gasteiger partial charge is 0.481 e. The van der Waals surface area contributed by atoms with E-state index < -0.39 is 42.0 Å². The van der Waals surface area contributed by atoms with Crippen LogP contribution in [-0.2, 0) is 14.3 Å². The van der Waals surface area contributed by atoms with Crippen molar-refractivity contribution in [2.45, 2.75) is 37.4 Å². The summed E-state index contributed by atoms with van der Waals surface area (Å²) in [6, 6.07) is 13.1. The summed E-state index contributed by atoms with van der Waals surface area (Å²) in [5.41, 5.74) is 3.01. The van der Waals surface area contributed by atoms with Crippen molar-refractivity contribution in [3.63, 3.8) is 0 Å². The SMILES string of the molecule is O=C(O)CC(NC(=O)C1(CNC(=O)OCC2c3ccccc3-c3ccccc32)CC1)C(F)(F)F. The second kappa shape index (κ2) is 9.00. The van der Waals surface area contributed by atoms with Crippen LogP contribution in [0.15, 0.2) is 48.5 Å². The molecule has 0 spiro atoms. The molecule has 0 radical (unpaired) electrons. The molecule has 2 aromatic carbocycles. The van der Waals surface area contributed by atoms with Crippen LogP contribution in [0, 0.1) is 5.41 Å². The third-order valence-corrected chi connectivity index (χ3v) is 6.33. The van der Waals surface area contributed by atoms with Gasteiger partial charge in [0.05, 0.1) is 11.8 Å². The summed E-state index contributed by atoms with van der Waals surface area (Å²) in [4.78, 5) is 35.5. The maximum absolute atomic E-state index is 13.1. The molecule has 4 rings (SSSR count). The number of carbonyl (C=O) groups is 3. The number of alkyl carbamates (subject to hydrolysis) is 1. The topological polar surface area (TPSA) is 105 Å². The molecule has 2 amide bonds. The number of nitrogens with one attached hydrogen (secondary N) is 2. The van der Waals surface area contributed by atoms with Crippen molar-refractivity contribution in [2.75, 3.05) is 13.2 Å². The number of benzene rings is 2. The molecule has 180 valence electrons. The van der Waals surface area contributed by atoms with Crippen LogP contribution in [0.4, 0.5) is 18.0 Å². The van der Waals surface area contributed by atoms with Crippen molar-refractivity contribution in [1.29, 1.82) is 0 Å². The summed E-state index contributed by atoms with van der Waals surface area (Å²) in [5.74, 6) is -2.76. The number of carboxylic acids is 1. The first-order chi connectivity index (χ1) is 16.1. The van der Waals surface area contributed by atoms with Gasteiger partial charge in [-0.2, -0.15) is 13.2 Å². The lowest BCUT2D eigenvalue weighted by atomic mass is 9.98. The number of rotatable bonds is 8. The summed E-state index contributed by atoms with van der Waals surface area (Å²) in [7, 11) is 0. The van der Waals surface area contributed by atoms with E-state index in [4.69, 9.17) is 9.84 Å². The van der Waals surface area contributed by atoms with Gasteiger partial charge >= 0.3 is 18.2 Å². The molecule has 2 aliphatic carbocycles. The Morgan fingerprint density at radius 2 is 1.59 bits per heavy atom. The highest BCUT2D eigenvalue weighted by Gasteiger charge is 2.53. The molecule has 0 heterocycles. The average Bonchev–Trinajstić information content (AvgIpc) is 3.52. The lowest BCUT2D eigenvalue weighted by Crippen LogP contribution is -2.51. The normalized spacial score (nSPS) is 16.7. The Labute approximate surface area is 193 Å². The third-order valence-electron chi connectivity index (χ3n) is 6.33. The van der Waals surface area contributed by atoms with E-state index in [1.807, 2.05) is 48.5 Å². The summed E-state index contributed by atoms with van der Waals surface area (Å²) in [6.07, 6.45) is -6.39. The fraction of sp³-hybridized carbons (Fsp3) is 0.375. The number of hydrogen-bond acceptors (Lipinski definition) is 4. The lowest BCUT2D eigenvalue weighted by Gasteiger charge is -2.23. The zero-order valence-electron chi connectivity index (χ0n) is 18.0. The van der Waals surface area contributed by atoms with E-state index in [0.717, 1.165) is 22.3 Å². The van der Waals surface area contributed by atoms with Gasteiger partial charge < -0.3 is 20.5 Å². The molecule has 1 saturated carbocycles. The van der Waals surface area contributed by atoms with Crippen molar-refractivity contribution < 1.29 is 37.4 Å². The smallest absolute Gasteiger partial charge is 0.409 e. The molecule has 0 aliphatic heterocycles. The van der Waals surface area contributed by atoms with E-state index in [1.165, 1.54) is 0 Å². The van der Waals surface area contributed by atoms with Crippen molar-refractivity contribution >= 4 is 18.0 Å². The summed E-state index contributed by atoms with van der Waals surface area (Å²) >= 11 is 0. The summed E-state index contributed by atoms with van der Waals surface area (Å²) < 4.78 is 44.6. The molecule has 1 atom stereocenters. The first-order valence-electron chi connectivity index (χ1n) is 10.8. The maximum atomic E-state index is 13.1. The van der Waals surface area contributed by atoms with Crippen LogP contribution in [0.25, 0.3) is 11.1 Å². The molecular formula is C24H23F3N2O5. The molecule has 0 aromatic heterocycles. The van der Waals surface area contributed by atoms with E-state index in [2.05, 4.69) is 5.32 Å². The zero-order valence-corrected chi connectivity index (χ0v) is 18.0. The predicted molar refractivity (Wildman–Crippen MR) is 115 cm³/mol. The predicted octanol–water partition coefficient (Wildman–Crippen LogP) is 3.83. The van der Waals surface area contributed by atoms with Gasteiger partial charge in [-0.25, -0.2) is 4.79 Å². The van der Waals surface area contributed by atoms with Gasteiger partial charge in [-0.3, -0.25) is 9.59 Å². The van der Waals surface area contributed by atoms with Gasteiger partial charge in [0.1, 0.15) is 12.6 Å². The minimum Gasteiger partial charge on any atom is -0.481 e. The minimum absolute atomic E-state index is 0.0633. The van der Waals surface area contributed by atoms with Crippen molar-refractivity contribution in [3.05, 3.63) is 59.7 Å². The molecule has 2 aromatic rings. The quantitative estimate of drug-likeness (QED) is 0.537. The van der Waals surface area contributed by atoms with Crippen molar-refractivity contribution in [3.8, 4) is 11.1 Å². The van der Waals surface area contributed by atoms with Crippen LogP contribution < -0.4 is 10.6 Å². The summed E-state index contributed by atoms with van der Waals surface area (Å²) in [6.45, 7) is -0.138. The molecule has 7 nitrogen and oxygen atoms in total.